The summed E-state index contributed by atoms with van der Waals surface area (Å²) in [6.07, 6.45) is 0. The quantitative estimate of drug-likeness (QED) is 0.254. The minimum absolute atomic E-state index is 0.0107. The van der Waals surface area contributed by atoms with E-state index in [1.54, 1.807) is 29.4 Å². The zero-order chi connectivity index (χ0) is 38.4. The van der Waals surface area contributed by atoms with E-state index in [0.29, 0.717) is 11.8 Å². The monoisotopic (exact) mass is 785 g/mol. The summed E-state index contributed by atoms with van der Waals surface area (Å²) in [4.78, 5) is 0. The van der Waals surface area contributed by atoms with E-state index in [-0.39, 0.29) is 32.5 Å². The SMILES string of the molecule is CC(C)c1cccc(C(C)C)c1[NH][Sn]1([c]2c(C(C)(C)C)cc(C(C)(C)C)cc2C(C)(C)C)[CH2]C(C)(C)c2cc(C(C)(C)C)cc(C(C)(C)C)[c]21. The van der Waals surface area contributed by atoms with E-state index in [0.717, 1.165) is 0 Å². The summed E-state index contributed by atoms with van der Waals surface area (Å²) in [6, 6.07) is 17.7. The van der Waals surface area contributed by atoms with Gasteiger partial charge in [0.2, 0.25) is 0 Å². The number of hydrogen-bond acceptors (Lipinski definition) is 1. The van der Waals surface area contributed by atoms with Gasteiger partial charge in [-0.25, -0.2) is 0 Å². The Labute approximate surface area is 314 Å². The molecule has 1 nitrogen and oxygen atoms in total. The normalized spacial score (nSPS) is 18.6. The van der Waals surface area contributed by atoms with Crippen LogP contribution in [0.1, 0.15) is 202 Å². The molecule has 1 atom stereocenters. The Morgan fingerprint density at radius 3 is 1.24 bits per heavy atom. The molecule has 0 spiro atoms. The van der Waals surface area contributed by atoms with Crippen LogP contribution >= 0.6 is 0 Å². The third-order valence-electron chi connectivity index (χ3n) is 11.4. The fourth-order valence-electron chi connectivity index (χ4n) is 8.52. The molecule has 1 unspecified atom stereocenters. The first kappa shape index (κ1) is 41.0. The second-order valence-corrected chi connectivity index (χ2v) is 32.1. The molecule has 4 rings (SSSR count). The molecule has 1 N–H and O–H groups in total. The van der Waals surface area contributed by atoms with Crippen molar-refractivity contribution in [1.82, 2.24) is 0 Å². The van der Waals surface area contributed by atoms with Crippen molar-refractivity contribution >= 4 is 31.5 Å². The van der Waals surface area contributed by atoms with Crippen molar-refractivity contribution < 1.29 is 0 Å². The Kier molecular flexibility index (Phi) is 10.7. The standard InChI is InChI=1S/C18H29.C18H28.C12H18N.Sn/c2*1-16(2,3)13-10-14(17(4,5)6)12-15(11-13)18(7,8)9;1-8(2)10-6-5-7-11(9(3)4)12(10)13;/h10-11H,1-9H3;10,12H,1H2,2-9H3;5-9,13H,1-4H3;/q;;-1;+1. The van der Waals surface area contributed by atoms with Crippen LogP contribution in [0.2, 0.25) is 4.44 Å². The van der Waals surface area contributed by atoms with Gasteiger partial charge >= 0.3 is 316 Å². The van der Waals surface area contributed by atoms with Crippen LogP contribution in [0.4, 0.5) is 5.69 Å². The molecular formula is C48H75NSn. The average molecular weight is 785 g/mol. The van der Waals surface area contributed by atoms with Crippen LogP contribution in [0, 0.1) is 0 Å². The van der Waals surface area contributed by atoms with Gasteiger partial charge < -0.3 is 0 Å². The molecule has 276 valence electrons. The number of para-hydroxylation sites is 1. The first-order chi connectivity index (χ1) is 22.3. The van der Waals surface area contributed by atoms with Crippen molar-refractivity contribution in [2.75, 3.05) is 3.54 Å². The van der Waals surface area contributed by atoms with Gasteiger partial charge in [0.15, 0.2) is 0 Å². The zero-order valence-electron chi connectivity index (χ0n) is 36.4. The molecule has 0 amide bonds. The Morgan fingerprint density at radius 2 is 0.900 bits per heavy atom. The van der Waals surface area contributed by atoms with Gasteiger partial charge in [-0.05, 0) is 0 Å². The van der Waals surface area contributed by atoms with Gasteiger partial charge in [-0.2, -0.15) is 0 Å². The number of fused-ring (bicyclic) bond motifs is 1. The molecule has 2 heteroatoms. The molecule has 1 heterocycles. The Hall–Kier alpha value is -1.74. The van der Waals surface area contributed by atoms with E-state index in [1.165, 1.54) is 32.4 Å². The molecule has 1 aliphatic rings. The first-order valence-electron chi connectivity index (χ1n) is 19.6. The zero-order valence-corrected chi connectivity index (χ0v) is 39.3. The van der Waals surface area contributed by atoms with Gasteiger partial charge in [-0.15, -0.1) is 0 Å². The predicted molar refractivity (Wildman–Crippen MR) is 227 cm³/mol. The van der Waals surface area contributed by atoms with Crippen LogP contribution in [0.3, 0.4) is 0 Å². The van der Waals surface area contributed by atoms with Gasteiger partial charge in [0, 0.05) is 0 Å². The van der Waals surface area contributed by atoms with E-state index >= 15 is 0 Å². The molecule has 0 aliphatic carbocycles. The van der Waals surface area contributed by atoms with Crippen molar-refractivity contribution in [2.24, 2.45) is 0 Å². The molecule has 0 aromatic heterocycles. The maximum absolute atomic E-state index is 4.85. The Bertz CT molecular complexity index is 1670. The van der Waals surface area contributed by atoms with E-state index in [1.807, 2.05) is 0 Å². The van der Waals surface area contributed by atoms with E-state index in [9.17, 15) is 0 Å². The summed E-state index contributed by atoms with van der Waals surface area (Å²) in [6.45, 7) is 51.3. The van der Waals surface area contributed by atoms with Crippen molar-refractivity contribution in [3.63, 3.8) is 0 Å². The summed E-state index contributed by atoms with van der Waals surface area (Å²) in [5, 5.41) is 0. The molecule has 0 saturated carbocycles. The minimum atomic E-state index is -4.05. The van der Waals surface area contributed by atoms with Crippen LogP contribution in [-0.2, 0) is 32.5 Å². The summed E-state index contributed by atoms with van der Waals surface area (Å²) in [5.41, 5.74) is 13.7. The fourth-order valence-corrected chi connectivity index (χ4v) is 27.8. The number of nitrogens with one attached hydrogen (secondary N) is 1. The Morgan fingerprint density at radius 1 is 0.540 bits per heavy atom. The van der Waals surface area contributed by atoms with Gasteiger partial charge in [-0.3, -0.25) is 0 Å². The second-order valence-electron chi connectivity index (χ2n) is 22.4. The fraction of sp³-hybridized carbons (Fsp3) is 0.625. The molecule has 0 fully saturated rings. The van der Waals surface area contributed by atoms with E-state index in [2.05, 4.69) is 188 Å². The van der Waals surface area contributed by atoms with Crippen LogP contribution in [0.5, 0.6) is 0 Å². The van der Waals surface area contributed by atoms with Gasteiger partial charge in [0.1, 0.15) is 0 Å². The molecule has 3 aromatic rings. The second kappa shape index (κ2) is 13.0. The summed E-state index contributed by atoms with van der Waals surface area (Å²) >= 11 is -4.05. The summed E-state index contributed by atoms with van der Waals surface area (Å²) in [7, 11) is 0. The van der Waals surface area contributed by atoms with Gasteiger partial charge in [-0.1, -0.05) is 0 Å². The van der Waals surface area contributed by atoms with Crippen molar-refractivity contribution in [2.45, 2.75) is 194 Å². The number of rotatable bonds is 5. The average Bonchev–Trinajstić information content (AvgIpc) is 3.15. The number of benzene rings is 3. The third-order valence-corrected chi connectivity index (χ3v) is 25.3. The third kappa shape index (κ3) is 7.65. The van der Waals surface area contributed by atoms with E-state index in [4.69, 9.17) is 3.54 Å². The molecule has 0 saturated heterocycles. The van der Waals surface area contributed by atoms with Crippen LogP contribution in [-0.4, -0.2) is 18.7 Å². The van der Waals surface area contributed by atoms with Crippen molar-refractivity contribution in [1.29, 1.82) is 0 Å². The predicted octanol–water partition coefficient (Wildman–Crippen LogP) is 12.9. The van der Waals surface area contributed by atoms with Crippen LogP contribution < -0.4 is 10.7 Å². The van der Waals surface area contributed by atoms with Crippen LogP contribution in [0.15, 0.2) is 42.5 Å². The van der Waals surface area contributed by atoms with Crippen molar-refractivity contribution in [3.05, 3.63) is 87.0 Å². The van der Waals surface area contributed by atoms with Crippen molar-refractivity contribution in [3.8, 4) is 0 Å². The molecule has 0 radical (unpaired) electrons. The topological polar surface area (TPSA) is 12.0 Å². The maximum atomic E-state index is 4.85. The number of anilines is 1. The van der Waals surface area contributed by atoms with E-state index < -0.39 is 18.7 Å². The Balaban J connectivity index is 2.43. The molecule has 50 heavy (non-hydrogen) atoms. The number of hydrogen-bond donors (Lipinski definition) is 1. The first-order valence-corrected chi connectivity index (χ1v) is 25.9. The van der Waals surface area contributed by atoms with Gasteiger partial charge in [0.25, 0.3) is 0 Å². The molecular weight excluding hydrogens is 709 g/mol. The molecule has 0 bridgehead atoms. The summed E-state index contributed by atoms with van der Waals surface area (Å²) < 4.78 is 9.47. The van der Waals surface area contributed by atoms with Crippen LogP contribution in [0.25, 0.3) is 0 Å². The molecule has 1 aliphatic heterocycles. The molecule has 3 aromatic carbocycles. The summed E-state index contributed by atoms with van der Waals surface area (Å²) in [5.74, 6) is 0.845. The van der Waals surface area contributed by atoms with Gasteiger partial charge in [0.05, 0.1) is 0 Å².